The second kappa shape index (κ2) is 5.31. The van der Waals surface area contributed by atoms with Gasteiger partial charge in [0.1, 0.15) is 0 Å². The predicted octanol–water partition coefficient (Wildman–Crippen LogP) is 5.93. The van der Waals surface area contributed by atoms with E-state index in [1.54, 1.807) is 0 Å². The van der Waals surface area contributed by atoms with Gasteiger partial charge in [-0.25, -0.2) is 0 Å². The van der Waals surface area contributed by atoms with Crippen molar-refractivity contribution in [1.82, 2.24) is 0 Å². The van der Waals surface area contributed by atoms with Crippen LogP contribution in [0.2, 0.25) is 10.0 Å². The minimum Gasteiger partial charge on any atom is -0.360 e. The van der Waals surface area contributed by atoms with Crippen molar-refractivity contribution in [2.24, 2.45) is 0 Å². The summed E-state index contributed by atoms with van der Waals surface area (Å²) in [5.74, 6) is 0. The molecule has 1 fully saturated rings. The van der Waals surface area contributed by atoms with E-state index in [0.29, 0.717) is 0 Å². The molecule has 2 atom stereocenters. The van der Waals surface area contributed by atoms with Gasteiger partial charge in [-0.2, -0.15) is 0 Å². The molecule has 1 saturated heterocycles. The molecule has 0 saturated carbocycles. The third kappa shape index (κ3) is 2.83. The first-order valence-electron chi connectivity index (χ1n) is 7.14. The Labute approximate surface area is 135 Å². The van der Waals surface area contributed by atoms with E-state index in [-0.39, 0.29) is 11.2 Å². The molecular weight excluding hydrogens is 303 g/mol. The Bertz CT molecular complexity index is 578. The minimum atomic E-state index is -0.279. The molecule has 0 spiro atoms. The monoisotopic (exact) mass is 320 g/mol. The van der Waals surface area contributed by atoms with E-state index in [4.69, 9.17) is 27.9 Å². The van der Waals surface area contributed by atoms with Crippen LogP contribution in [0.5, 0.6) is 0 Å². The Hall–Kier alpha value is -1.02. The van der Waals surface area contributed by atoms with Gasteiger partial charge < -0.3 is 4.74 Å². The molecule has 0 aromatic heterocycles. The Balaban J connectivity index is 1.89. The van der Waals surface area contributed by atoms with Crippen LogP contribution in [-0.2, 0) is 15.9 Å². The molecule has 1 aliphatic heterocycles. The van der Waals surface area contributed by atoms with E-state index < -0.39 is 0 Å². The molecule has 1 aliphatic rings. The average molecular weight is 321 g/mol. The Morgan fingerprint density at radius 2 is 1.05 bits per heavy atom. The van der Waals surface area contributed by atoms with Crippen molar-refractivity contribution in [2.75, 3.05) is 0 Å². The molecule has 21 heavy (non-hydrogen) atoms. The zero-order chi connectivity index (χ0) is 15.1. The Kier molecular flexibility index (Phi) is 3.77. The predicted molar refractivity (Wildman–Crippen MR) is 87.9 cm³/mol. The first-order valence-corrected chi connectivity index (χ1v) is 7.89. The maximum atomic E-state index is 6.50. The molecule has 0 bridgehead atoms. The lowest BCUT2D eigenvalue weighted by Gasteiger charge is -2.31. The lowest BCUT2D eigenvalue weighted by molar-refractivity contribution is -0.0938. The van der Waals surface area contributed by atoms with Crippen LogP contribution in [0.4, 0.5) is 0 Å². The van der Waals surface area contributed by atoms with Gasteiger partial charge >= 0.3 is 0 Å². The Morgan fingerprint density at radius 1 is 0.714 bits per heavy atom. The summed E-state index contributed by atoms with van der Waals surface area (Å²) in [6.07, 6.45) is 1.96. The molecule has 0 N–H and O–H groups in total. The van der Waals surface area contributed by atoms with Gasteiger partial charge in [-0.1, -0.05) is 47.5 Å². The fourth-order valence-corrected chi connectivity index (χ4v) is 3.34. The van der Waals surface area contributed by atoms with Gasteiger partial charge in [-0.05, 0) is 62.1 Å². The van der Waals surface area contributed by atoms with Crippen LogP contribution >= 0.6 is 23.2 Å². The van der Waals surface area contributed by atoms with Crippen LogP contribution in [-0.4, -0.2) is 0 Å². The first kappa shape index (κ1) is 14.9. The van der Waals surface area contributed by atoms with Gasteiger partial charge in [0.05, 0.1) is 11.2 Å². The smallest absolute Gasteiger partial charge is 0.0916 e. The largest absolute Gasteiger partial charge is 0.360 e. The number of ether oxygens (including phenoxy) is 1. The molecule has 0 radical (unpaired) electrons. The lowest BCUT2D eigenvalue weighted by atomic mass is 9.89. The van der Waals surface area contributed by atoms with Crippen molar-refractivity contribution < 1.29 is 4.74 Å². The van der Waals surface area contributed by atoms with E-state index in [1.807, 2.05) is 24.3 Å². The summed E-state index contributed by atoms with van der Waals surface area (Å²) in [6.45, 7) is 4.30. The topological polar surface area (TPSA) is 9.23 Å². The summed E-state index contributed by atoms with van der Waals surface area (Å²) < 4.78 is 6.50. The highest BCUT2D eigenvalue weighted by Gasteiger charge is 2.45. The second-order valence-corrected chi connectivity index (χ2v) is 6.95. The van der Waals surface area contributed by atoms with Crippen LogP contribution in [0.15, 0.2) is 48.5 Å². The van der Waals surface area contributed by atoms with E-state index in [1.165, 1.54) is 11.1 Å². The van der Waals surface area contributed by atoms with Crippen LogP contribution in [0, 0.1) is 0 Å². The van der Waals surface area contributed by atoms with E-state index in [9.17, 15) is 0 Å². The molecule has 110 valence electrons. The SMILES string of the molecule is CC1(c2ccc(Cl)cc2)CC[C@@](C)(c2ccc(Cl)cc2)O1. The normalized spacial score (nSPS) is 28.8. The van der Waals surface area contributed by atoms with E-state index in [2.05, 4.69) is 38.1 Å². The number of benzene rings is 2. The van der Waals surface area contributed by atoms with E-state index in [0.717, 1.165) is 22.9 Å². The molecule has 3 rings (SSSR count). The van der Waals surface area contributed by atoms with Crippen molar-refractivity contribution in [2.45, 2.75) is 37.9 Å². The van der Waals surface area contributed by atoms with Crippen molar-refractivity contribution in [1.29, 1.82) is 0 Å². The van der Waals surface area contributed by atoms with Gasteiger partial charge in [0.25, 0.3) is 0 Å². The highest BCUT2D eigenvalue weighted by Crippen LogP contribution is 2.49. The lowest BCUT2D eigenvalue weighted by Crippen LogP contribution is -2.27. The third-order valence-corrected chi connectivity index (χ3v) is 4.94. The number of hydrogen-bond donors (Lipinski definition) is 0. The highest BCUT2D eigenvalue weighted by molar-refractivity contribution is 6.30. The third-order valence-electron chi connectivity index (χ3n) is 4.44. The average Bonchev–Trinajstić information content (AvgIpc) is 2.78. The van der Waals surface area contributed by atoms with Crippen molar-refractivity contribution in [3.05, 3.63) is 69.7 Å². The molecule has 1 unspecified atom stereocenters. The maximum absolute atomic E-state index is 6.50. The molecular formula is C18H18Cl2O. The molecule has 2 aromatic carbocycles. The van der Waals surface area contributed by atoms with Gasteiger partial charge in [0.2, 0.25) is 0 Å². The van der Waals surface area contributed by atoms with Crippen LogP contribution < -0.4 is 0 Å². The van der Waals surface area contributed by atoms with Gasteiger partial charge in [0.15, 0.2) is 0 Å². The molecule has 2 aromatic rings. The second-order valence-electron chi connectivity index (χ2n) is 6.08. The first-order chi connectivity index (χ1) is 9.91. The maximum Gasteiger partial charge on any atom is 0.0916 e. The van der Waals surface area contributed by atoms with Crippen LogP contribution in [0.1, 0.15) is 37.8 Å². The number of rotatable bonds is 2. The van der Waals surface area contributed by atoms with E-state index >= 15 is 0 Å². The number of halogens is 2. The summed E-state index contributed by atoms with van der Waals surface area (Å²) in [5, 5.41) is 1.50. The zero-order valence-corrected chi connectivity index (χ0v) is 13.7. The summed E-state index contributed by atoms with van der Waals surface area (Å²) >= 11 is 12.0. The summed E-state index contributed by atoms with van der Waals surface area (Å²) in [4.78, 5) is 0. The molecule has 0 amide bonds. The van der Waals surface area contributed by atoms with Gasteiger partial charge in [0, 0.05) is 10.0 Å². The fourth-order valence-electron chi connectivity index (χ4n) is 3.09. The van der Waals surface area contributed by atoms with Crippen molar-refractivity contribution in [3.63, 3.8) is 0 Å². The van der Waals surface area contributed by atoms with Gasteiger partial charge in [-0.15, -0.1) is 0 Å². The van der Waals surface area contributed by atoms with Gasteiger partial charge in [-0.3, -0.25) is 0 Å². The molecule has 1 heterocycles. The fraction of sp³-hybridized carbons (Fsp3) is 0.333. The minimum absolute atomic E-state index is 0.279. The Morgan fingerprint density at radius 3 is 1.38 bits per heavy atom. The summed E-state index contributed by atoms with van der Waals surface area (Å²) in [7, 11) is 0. The van der Waals surface area contributed by atoms with Crippen molar-refractivity contribution in [3.8, 4) is 0 Å². The number of hydrogen-bond acceptors (Lipinski definition) is 1. The standard InChI is InChI=1S/C18H18Cl2O/c1-17(13-3-7-15(19)8-4-13)11-12-18(2,21-17)14-5-9-16(20)10-6-14/h3-10H,11-12H2,1-2H3/t17-,18?/m0/s1. The summed E-state index contributed by atoms with van der Waals surface area (Å²) in [5.41, 5.74) is 1.78. The highest BCUT2D eigenvalue weighted by atomic mass is 35.5. The van der Waals surface area contributed by atoms with Crippen LogP contribution in [0.3, 0.4) is 0 Å². The molecule has 3 heteroatoms. The van der Waals surface area contributed by atoms with Crippen molar-refractivity contribution >= 4 is 23.2 Å². The zero-order valence-electron chi connectivity index (χ0n) is 12.2. The van der Waals surface area contributed by atoms with Crippen LogP contribution in [0.25, 0.3) is 0 Å². The summed E-state index contributed by atoms with van der Waals surface area (Å²) in [6, 6.07) is 15.9. The molecule has 1 nitrogen and oxygen atoms in total. The quantitative estimate of drug-likeness (QED) is 0.665. The molecule has 0 aliphatic carbocycles.